The number of halogens is 3. The van der Waals surface area contributed by atoms with Crippen LogP contribution >= 0.6 is 0 Å². The van der Waals surface area contributed by atoms with E-state index in [4.69, 9.17) is 4.98 Å². The fraction of sp³-hybridized carbons (Fsp3) is 0.250. The first-order chi connectivity index (χ1) is 17.5. The Balaban J connectivity index is 1.53. The van der Waals surface area contributed by atoms with Crippen molar-refractivity contribution in [2.75, 3.05) is 0 Å². The average Bonchev–Trinajstić information content (AvgIpc) is 3.47. The van der Waals surface area contributed by atoms with Gasteiger partial charge < -0.3 is 14.7 Å². The van der Waals surface area contributed by atoms with Gasteiger partial charge in [-0.05, 0) is 24.0 Å². The third-order valence-electron chi connectivity index (χ3n) is 6.64. The molecule has 190 valence electrons. The Morgan fingerprint density at radius 3 is 2.35 bits per heavy atom. The zero-order chi connectivity index (χ0) is 26.5. The van der Waals surface area contributed by atoms with Crippen LogP contribution in [0.2, 0.25) is 0 Å². The number of rotatable bonds is 5. The van der Waals surface area contributed by atoms with Gasteiger partial charge in [-0.15, -0.1) is 0 Å². The monoisotopic (exact) mass is 505 g/mol. The molecule has 2 aromatic carbocycles. The summed E-state index contributed by atoms with van der Waals surface area (Å²) in [6.45, 7) is 5.89. The number of aliphatic hydroxyl groups is 1. The van der Waals surface area contributed by atoms with Crippen LogP contribution in [0.15, 0.2) is 67.1 Å². The molecule has 0 saturated carbocycles. The first kappa shape index (κ1) is 24.7. The molecule has 6 nitrogen and oxygen atoms in total. The lowest BCUT2D eigenvalue weighted by molar-refractivity contribution is -0.140. The van der Waals surface area contributed by atoms with Crippen molar-refractivity contribution in [3.63, 3.8) is 0 Å². The zero-order valence-electron chi connectivity index (χ0n) is 20.8. The number of hydrogen-bond acceptors (Lipinski definition) is 4. The number of aromatic nitrogens is 5. The second kappa shape index (κ2) is 8.85. The van der Waals surface area contributed by atoms with E-state index in [9.17, 15) is 18.3 Å². The number of alkyl halides is 3. The van der Waals surface area contributed by atoms with Crippen LogP contribution in [0.4, 0.5) is 13.2 Å². The Labute approximate surface area is 211 Å². The number of nitrogens with one attached hydrogen (secondary N) is 1. The van der Waals surface area contributed by atoms with Crippen molar-refractivity contribution in [2.45, 2.75) is 38.5 Å². The minimum atomic E-state index is -4.52. The molecule has 0 fully saturated rings. The van der Waals surface area contributed by atoms with Crippen LogP contribution in [0.3, 0.4) is 0 Å². The first-order valence-electron chi connectivity index (χ1n) is 11.8. The molecule has 5 aromatic rings. The minimum absolute atomic E-state index is 0.187. The van der Waals surface area contributed by atoms with Gasteiger partial charge >= 0.3 is 6.18 Å². The summed E-state index contributed by atoms with van der Waals surface area (Å²) in [5, 5.41) is 11.6. The van der Waals surface area contributed by atoms with E-state index in [1.165, 1.54) is 11.6 Å². The molecule has 3 aromatic heterocycles. The standard InChI is InChI=1S/C28H26F3N5O/c1-16(2)19-7-5-6-8-20(19)25-33-14-22-24(35-25)21(13-32-22)27(3,37)18-11-9-17(10-12-18)26-34-23(15-36(26)4)28(29,30)31/h5-16,32,37H,1-4H3. The molecule has 0 aliphatic heterocycles. The van der Waals surface area contributed by atoms with E-state index in [2.05, 4.69) is 34.9 Å². The molecule has 0 radical (unpaired) electrons. The van der Waals surface area contributed by atoms with Crippen LogP contribution in [-0.2, 0) is 18.8 Å². The number of imidazole rings is 1. The lowest BCUT2D eigenvalue weighted by Crippen LogP contribution is -2.22. The van der Waals surface area contributed by atoms with Crippen LogP contribution in [-0.4, -0.2) is 29.6 Å². The molecule has 1 unspecified atom stereocenters. The predicted molar refractivity (Wildman–Crippen MR) is 136 cm³/mol. The third kappa shape index (κ3) is 4.40. The summed E-state index contributed by atoms with van der Waals surface area (Å²) in [6.07, 6.45) is -0.151. The maximum Gasteiger partial charge on any atom is 0.434 e. The molecule has 9 heteroatoms. The Hall–Kier alpha value is -3.98. The molecule has 3 heterocycles. The van der Waals surface area contributed by atoms with E-state index in [0.717, 1.165) is 17.3 Å². The number of hydrogen-bond donors (Lipinski definition) is 2. The minimum Gasteiger partial charge on any atom is -0.381 e. The van der Waals surface area contributed by atoms with Gasteiger partial charge in [0.25, 0.3) is 0 Å². The van der Waals surface area contributed by atoms with Gasteiger partial charge in [0, 0.05) is 36.1 Å². The summed E-state index contributed by atoms with van der Waals surface area (Å²) in [7, 11) is 1.52. The van der Waals surface area contributed by atoms with Crippen molar-refractivity contribution in [1.82, 2.24) is 24.5 Å². The van der Waals surface area contributed by atoms with Crippen molar-refractivity contribution in [3.8, 4) is 22.8 Å². The normalized spacial score (nSPS) is 13.9. The van der Waals surface area contributed by atoms with Gasteiger partial charge in [-0.2, -0.15) is 13.2 Å². The summed E-state index contributed by atoms with van der Waals surface area (Å²) < 4.78 is 40.6. The molecule has 0 saturated heterocycles. The molecular weight excluding hydrogens is 479 g/mol. The second-order valence-corrected chi connectivity index (χ2v) is 9.61. The number of benzene rings is 2. The summed E-state index contributed by atoms with van der Waals surface area (Å²) in [5.41, 5.74) is 2.59. The lowest BCUT2D eigenvalue weighted by Gasteiger charge is -2.23. The second-order valence-electron chi connectivity index (χ2n) is 9.61. The summed E-state index contributed by atoms with van der Waals surface area (Å²) in [5.74, 6) is 1.04. The van der Waals surface area contributed by atoms with Gasteiger partial charge in [-0.3, -0.25) is 0 Å². The van der Waals surface area contributed by atoms with Gasteiger partial charge in [0.15, 0.2) is 11.5 Å². The smallest absolute Gasteiger partial charge is 0.381 e. The van der Waals surface area contributed by atoms with Crippen LogP contribution in [0.25, 0.3) is 33.8 Å². The van der Waals surface area contributed by atoms with Gasteiger partial charge in [-0.25, -0.2) is 15.0 Å². The van der Waals surface area contributed by atoms with E-state index in [-0.39, 0.29) is 11.7 Å². The van der Waals surface area contributed by atoms with Crippen LogP contribution in [0.5, 0.6) is 0 Å². The van der Waals surface area contributed by atoms with Gasteiger partial charge in [0.2, 0.25) is 0 Å². The van der Waals surface area contributed by atoms with Crippen molar-refractivity contribution in [1.29, 1.82) is 0 Å². The predicted octanol–water partition coefficient (Wildman–Crippen LogP) is 6.42. The first-order valence-corrected chi connectivity index (χ1v) is 11.8. The van der Waals surface area contributed by atoms with Crippen LogP contribution < -0.4 is 0 Å². The highest BCUT2D eigenvalue weighted by Crippen LogP contribution is 2.36. The Morgan fingerprint density at radius 2 is 1.70 bits per heavy atom. The summed E-state index contributed by atoms with van der Waals surface area (Å²) in [6, 6.07) is 14.7. The van der Waals surface area contributed by atoms with Crippen LogP contribution in [0.1, 0.15) is 49.1 Å². The maximum atomic E-state index is 13.1. The summed E-state index contributed by atoms with van der Waals surface area (Å²) in [4.78, 5) is 16.3. The summed E-state index contributed by atoms with van der Waals surface area (Å²) >= 11 is 0. The SMILES string of the molecule is CC(C)c1ccccc1-c1ncc2[nH]cc(C(C)(O)c3ccc(-c4nc(C(F)(F)F)cn4C)cc3)c2n1. The highest BCUT2D eigenvalue weighted by Gasteiger charge is 2.35. The van der Waals surface area contributed by atoms with Crippen LogP contribution in [0, 0.1) is 0 Å². The van der Waals surface area contributed by atoms with E-state index in [1.807, 2.05) is 18.2 Å². The molecule has 0 amide bonds. The fourth-order valence-corrected chi connectivity index (χ4v) is 4.59. The maximum absolute atomic E-state index is 13.1. The number of fused-ring (bicyclic) bond motifs is 1. The van der Waals surface area contributed by atoms with Crippen molar-refractivity contribution in [2.24, 2.45) is 7.05 Å². The number of aromatic amines is 1. The largest absolute Gasteiger partial charge is 0.434 e. The number of H-pyrrole nitrogens is 1. The Bertz CT molecular complexity index is 1580. The molecule has 1 atom stereocenters. The van der Waals surface area contributed by atoms with Gasteiger partial charge in [-0.1, -0.05) is 62.4 Å². The zero-order valence-corrected chi connectivity index (χ0v) is 20.8. The quantitative estimate of drug-likeness (QED) is 0.289. The Morgan fingerprint density at radius 1 is 1.00 bits per heavy atom. The molecular formula is C28H26F3N5O. The van der Waals surface area contributed by atoms with Gasteiger partial charge in [0.1, 0.15) is 11.4 Å². The third-order valence-corrected chi connectivity index (χ3v) is 6.64. The molecule has 0 aliphatic rings. The van der Waals surface area contributed by atoms with E-state index in [1.54, 1.807) is 43.6 Å². The van der Waals surface area contributed by atoms with Gasteiger partial charge in [0.05, 0.1) is 17.2 Å². The molecule has 37 heavy (non-hydrogen) atoms. The molecule has 0 bridgehead atoms. The highest BCUT2D eigenvalue weighted by molar-refractivity contribution is 5.82. The van der Waals surface area contributed by atoms with E-state index < -0.39 is 17.5 Å². The number of nitrogens with zero attached hydrogens (tertiary/aromatic N) is 4. The average molecular weight is 506 g/mol. The molecule has 5 rings (SSSR count). The van der Waals surface area contributed by atoms with Crippen molar-refractivity contribution >= 4 is 11.0 Å². The Kier molecular flexibility index (Phi) is 5.91. The molecule has 2 N–H and O–H groups in total. The highest BCUT2D eigenvalue weighted by atomic mass is 19.4. The molecule has 0 aliphatic carbocycles. The van der Waals surface area contributed by atoms with E-state index in [0.29, 0.717) is 33.5 Å². The topological polar surface area (TPSA) is 79.6 Å². The number of aryl methyl sites for hydroxylation is 1. The van der Waals surface area contributed by atoms with E-state index >= 15 is 0 Å². The molecule has 0 spiro atoms. The fourth-order valence-electron chi connectivity index (χ4n) is 4.59. The van der Waals surface area contributed by atoms with Crippen molar-refractivity contribution < 1.29 is 18.3 Å². The lowest BCUT2D eigenvalue weighted by atomic mass is 9.88. The van der Waals surface area contributed by atoms with Crippen molar-refractivity contribution in [3.05, 3.63) is 89.5 Å².